The van der Waals surface area contributed by atoms with E-state index in [4.69, 9.17) is 15.2 Å². The topological polar surface area (TPSA) is 111 Å². The Bertz CT molecular complexity index is 1010. The van der Waals surface area contributed by atoms with Gasteiger partial charge in [-0.1, -0.05) is 36.0 Å². The molecule has 0 bridgehead atoms. The lowest BCUT2D eigenvalue weighted by atomic mass is 10.1. The van der Waals surface area contributed by atoms with Gasteiger partial charge < -0.3 is 25.6 Å². The molecule has 0 aliphatic carbocycles. The molecule has 1 aliphatic heterocycles. The van der Waals surface area contributed by atoms with E-state index in [0.29, 0.717) is 27.8 Å². The molecule has 9 heteroatoms. The Morgan fingerprint density at radius 1 is 1.23 bits per heavy atom. The number of carbonyl (C=O) groups excluding carboxylic acids is 2. The van der Waals surface area contributed by atoms with Crippen LogP contribution in [0.3, 0.4) is 0 Å². The second-order valence-corrected chi connectivity index (χ2v) is 7.27. The number of phenols is 1. The number of carbonyl (C=O) groups is 2. The SMILES string of the molecule is CCOC(=O)C1=C(Nc2ccccc2)S/C(=C\c2ccc(OCCN)c(O)c2)C1=O.Cl. The molecule has 0 saturated heterocycles. The van der Waals surface area contributed by atoms with Gasteiger partial charge in [-0.3, -0.25) is 4.79 Å². The predicted octanol–water partition coefficient (Wildman–Crippen LogP) is 3.70. The highest BCUT2D eigenvalue weighted by atomic mass is 35.5. The Labute approximate surface area is 190 Å². The fourth-order valence-corrected chi connectivity index (χ4v) is 3.78. The monoisotopic (exact) mass is 462 g/mol. The van der Waals surface area contributed by atoms with Crippen LogP contribution < -0.4 is 15.8 Å². The number of ether oxygens (including phenoxy) is 2. The van der Waals surface area contributed by atoms with Crippen molar-refractivity contribution in [2.45, 2.75) is 6.92 Å². The molecule has 1 aliphatic rings. The Balaban J connectivity index is 0.00000341. The number of para-hydroxylation sites is 1. The summed E-state index contributed by atoms with van der Waals surface area (Å²) in [4.78, 5) is 25.7. The van der Waals surface area contributed by atoms with Crippen molar-refractivity contribution >= 4 is 47.7 Å². The Morgan fingerprint density at radius 2 is 1.97 bits per heavy atom. The first kappa shape index (κ1) is 24.3. The summed E-state index contributed by atoms with van der Waals surface area (Å²) < 4.78 is 10.4. The highest BCUT2D eigenvalue weighted by Gasteiger charge is 2.35. The van der Waals surface area contributed by atoms with Crippen LogP contribution >= 0.6 is 24.2 Å². The number of halogens is 1. The molecule has 0 amide bonds. The molecule has 0 aromatic heterocycles. The van der Waals surface area contributed by atoms with Gasteiger partial charge in [-0.05, 0) is 42.8 Å². The minimum atomic E-state index is -0.676. The molecule has 0 radical (unpaired) electrons. The zero-order valence-electron chi connectivity index (χ0n) is 16.8. The van der Waals surface area contributed by atoms with Crippen LogP contribution in [0, 0.1) is 0 Å². The summed E-state index contributed by atoms with van der Waals surface area (Å²) in [6.07, 6.45) is 1.61. The number of allylic oxidation sites excluding steroid dienone is 1. The summed E-state index contributed by atoms with van der Waals surface area (Å²) in [6.45, 7) is 2.46. The predicted molar refractivity (Wildman–Crippen MR) is 124 cm³/mol. The van der Waals surface area contributed by atoms with E-state index in [1.807, 2.05) is 30.3 Å². The zero-order valence-corrected chi connectivity index (χ0v) is 18.4. The molecule has 0 unspecified atom stereocenters. The van der Waals surface area contributed by atoms with Crippen LogP contribution in [0.2, 0.25) is 0 Å². The van der Waals surface area contributed by atoms with Gasteiger partial charge in [0.15, 0.2) is 11.5 Å². The quantitative estimate of drug-likeness (QED) is 0.309. The first-order valence-corrected chi connectivity index (χ1v) is 10.2. The largest absolute Gasteiger partial charge is 0.504 e. The van der Waals surface area contributed by atoms with Gasteiger partial charge in [-0.15, -0.1) is 12.4 Å². The van der Waals surface area contributed by atoms with Gasteiger partial charge in [0.05, 0.1) is 16.5 Å². The number of phenolic OH excluding ortho intramolecular Hbond substituents is 1. The molecule has 3 rings (SSSR count). The number of thioether (sulfide) groups is 1. The molecule has 2 aromatic rings. The molecule has 4 N–H and O–H groups in total. The van der Waals surface area contributed by atoms with E-state index in [0.717, 1.165) is 17.4 Å². The van der Waals surface area contributed by atoms with E-state index in [-0.39, 0.29) is 36.9 Å². The van der Waals surface area contributed by atoms with Gasteiger partial charge in [0, 0.05) is 12.2 Å². The standard InChI is InChI=1S/C22H22N2O5S.ClH/c1-2-28-22(27)19-20(26)18(30-21(19)24-15-6-4-3-5-7-15)13-14-8-9-17(16(25)12-14)29-11-10-23;/h3-9,12-13,24-25H,2,10-11,23H2,1H3;1H/b18-13-;. The fourth-order valence-electron chi connectivity index (χ4n) is 2.72. The molecule has 7 nitrogen and oxygen atoms in total. The number of rotatable bonds is 8. The third-order valence-electron chi connectivity index (χ3n) is 4.06. The van der Waals surface area contributed by atoms with Crippen LogP contribution in [0.25, 0.3) is 6.08 Å². The van der Waals surface area contributed by atoms with E-state index in [1.54, 1.807) is 25.1 Å². The number of hydrogen-bond acceptors (Lipinski definition) is 8. The van der Waals surface area contributed by atoms with E-state index < -0.39 is 11.8 Å². The second-order valence-electron chi connectivity index (χ2n) is 6.22. The van der Waals surface area contributed by atoms with Crippen LogP contribution in [0.5, 0.6) is 11.5 Å². The lowest BCUT2D eigenvalue weighted by Gasteiger charge is -2.08. The van der Waals surface area contributed by atoms with E-state index in [1.165, 1.54) is 6.07 Å². The maximum Gasteiger partial charge on any atom is 0.344 e. The van der Waals surface area contributed by atoms with Crippen molar-refractivity contribution in [3.8, 4) is 11.5 Å². The molecular weight excluding hydrogens is 440 g/mol. The number of esters is 1. The summed E-state index contributed by atoms with van der Waals surface area (Å²) in [7, 11) is 0. The summed E-state index contributed by atoms with van der Waals surface area (Å²) >= 11 is 1.14. The van der Waals surface area contributed by atoms with Crippen LogP contribution in [-0.4, -0.2) is 36.6 Å². The third kappa shape index (κ3) is 6.04. The maximum absolute atomic E-state index is 12.9. The van der Waals surface area contributed by atoms with Crippen molar-refractivity contribution in [3.63, 3.8) is 0 Å². The fraction of sp³-hybridized carbons (Fsp3) is 0.182. The van der Waals surface area contributed by atoms with Crippen molar-refractivity contribution in [3.05, 3.63) is 69.6 Å². The number of nitrogens with two attached hydrogens (primary N) is 1. The number of Topliss-reactive ketones (excluding diaryl/α,β-unsaturated/α-hetero) is 1. The number of benzene rings is 2. The van der Waals surface area contributed by atoms with Crippen molar-refractivity contribution < 1.29 is 24.2 Å². The van der Waals surface area contributed by atoms with Gasteiger partial charge in [0.25, 0.3) is 0 Å². The molecule has 31 heavy (non-hydrogen) atoms. The molecule has 164 valence electrons. The van der Waals surface area contributed by atoms with Crippen molar-refractivity contribution in [2.75, 3.05) is 25.1 Å². The Morgan fingerprint density at radius 3 is 2.61 bits per heavy atom. The minimum absolute atomic E-state index is 0. The smallest absolute Gasteiger partial charge is 0.344 e. The second kappa shape index (κ2) is 11.5. The first-order valence-electron chi connectivity index (χ1n) is 9.37. The lowest BCUT2D eigenvalue weighted by molar-refractivity contribution is -0.139. The highest BCUT2D eigenvalue weighted by molar-refractivity contribution is 8.08. The van der Waals surface area contributed by atoms with Crippen LogP contribution in [-0.2, 0) is 14.3 Å². The van der Waals surface area contributed by atoms with Crippen LogP contribution in [0.4, 0.5) is 5.69 Å². The first-order chi connectivity index (χ1) is 14.5. The molecule has 0 spiro atoms. The zero-order chi connectivity index (χ0) is 21.5. The normalized spacial score (nSPS) is 14.4. The number of anilines is 1. The van der Waals surface area contributed by atoms with Crippen LogP contribution in [0.1, 0.15) is 12.5 Å². The molecule has 0 atom stereocenters. The molecule has 2 aromatic carbocycles. The maximum atomic E-state index is 12.9. The van der Waals surface area contributed by atoms with E-state index in [9.17, 15) is 14.7 Å². The van der Waals surface area contributed by atoms with Gasteiger partial charge in [-0.25, -0.2) is 4.79 Å². The van der Waals surface area contributed by atoms with Crippen molar-refractivity contribution in [1.29, 1.82) is 0 Å². The number of hydrogen-bond donors (Lipinski definition) is 3. The Kier molecular flexibility index (Phi) is 8.99. The summed E-state index contributed by atoms with van der Waals surface area (Å²) in [5.41, 5.74) is 6.70. The van der Waals surface area contributed by atoms with E-state index >= 15 is 0 Å². The van der Waals surface area contributed by atoms with Gasteiger partial charge in [-0.2, -0.15) is 0 Å². The van der Waals surface area contributed by atoms with Gasteiger partial charge in [0.2, 0.25) is 5.78 Å². The lowest BCUT2D eigenvalue weighted by Crippen LogP contribution is -2.16. The Hall–Kier alpha value is -2.94. The van der Waals surface area contributed by atoms with Crippen molar-refractivity contribution in [2.24, 2.45) is 5.73 Å². The van der Waals surface area contributed by atoms with Crippen molar-refractivity contribution in [1.82, 2.24) is 0 Å². The summed E-state index contributed by atoms with van der Waals surface area (Å²) in [6, 6.07) is 14.0. The van der Waals surface area contributed by atoms with Crippen LogP contribution in [0.15, 0.2) is 64.0 Å². The third-order valence-corrected chi connectivity index (χ3v) is 5.09. The average molecular weight is 463 g/mol. The average Bonchev–Trinajstić information content (AvgIpc) is 3.03. The number of nitrogens with one attached hydrogen (secondary N) is 1. The van der Waals surface area contributed by atoms with Gasteiger partial charge in [0.1, 0.15) is 12.2 Å². The molecule has 1 heterocycles. The summed E-state index contributed by atoms with van der Waals surface area (Å²) in [5.74, 6) is -0.857. The molecule has 0 fully saturated rings. The molecular formula is C22H23ClN2O5S. The highest BCUT2D eigenvalue weighted by Crippen LogP contribution is 2.40. The van der Waals surface area contributed by atoms with E-state index in [2.05, 4.69) is 5.32 Å². The minimum Gasteiger partial charge on any atom is -0.504 e. The summed E-state index contributed by atoms with van der Waals surface area (Å²) in [5, 5.41) is 13.7. The van der Waals surface area contributed by atoms with Gasteiger partial charge >= 0.3 is 5.97 Å². The molecule has 0 saturated carbocycles. The number of ketones is 1. The number of aromatic hydroxyl groups is 1.